The largest absolute Gasteiger partial charge is 0.444 e. The Labute approximate surface area is 100 Å². The number of β-amino-alcohol motifs (C(OH)–C–C–N with tert-alkyl or cyclic N) is 1. The van der Waals surface area contributed by atoms with Gasteiger partial charge in [-0.25, -0.2) is 4.79 Å². The zero-order valence-corrected chi connectivity index (χ0v) is 10.6. The number of likely N-dealkylation sites (tertiary alicyclic amines) is 1. The molecular weight excluding hydrogens is 226 g/mol. The molecule has 1 aliphatic rings. The average Bonchev–Trinajstić information content (AvgIpc) is 2.42. The van der Waals surface area contributed by atoms with Crippen molar-refractivity contribution in [2.75, 3.05) is 6.54 Å². The molecule has 98 valence electrons. The Morgan fingerprint density at radius 1 is 1.35 bits per heavy atom. The topological polar surface area (TPSA) is 76.1 Å². The summed E-state index contributed by atoms with van der Waals surface area (Å²) in [6, 6.07) is 0. The molecule has 0 aromatic rings. The van der Waals surface area contributed by atoms with Gasteiger partial charge in [0, 0.05) is 13.3 Å². The highest BCUT2D eigenvalue weighted by Gasteiger charge is 2.38. The summed E-state index contributed by atoms with van der Waals surface area (Å²) in [4.78, 5) is 23.9. The quantitative estimate of drug-likeness (QED) is 0.694. The number of carbonyl (C=O) groups is 2. The molecule has 0 radical (unpaired) electrons. The monoisotopic (exact) mass is 245 g/mol. The van der Waals surface area contributed by atoms with Gasteiger partial charge in [0.2, 0.25) is 0 Å². The van der Waals surface area contributed by atoms with Gasteiger partial charge in [-0.05, 0) is 20.8 Å². The number of ether oxygens (including phenoxy) is 2. The molecule has 0 aliphatic carbocycles. The molecule has 1 fully saturated rings. The first-order chi connectivity index (χ1) is 7.69. The van der Waals surface area contributed by atoms with Gasteiger partial charge in [0.15, 0.2) is 6.23 Å². The van der Waals surface area contributed by atoms with Gasteiger partial charge in [-0.1, -0.05) is 0 Å². The number of esters is 1. The van der Waals surface area contributed by atoms with Gasteiger partial charge < -0.3 is 14.6 Å². The third kappa shape index (κ3) is 4.22. The Balaban J connectivity index is 2.66. The van der Waals surface area contributed by atoms with E-state index < -0.39 is 30.0 Å². The lowest BCUT2D eigenvalue weighted by molar-refractivity contribution is -0.152. The van der Waals surface area contributed by atoms with Crippen molar-refractivity contribution in [3.8, 4) is 0 Å². The molecule has 1 saturated heterocycles. The second kappa shape index (κ2) is 4.91. The highest BCUT2D eigenvalue weighted by Crippen LogP contribution is 2.22. The van der Waals surface area contributed by atoms with Crippen molar-refractivity contribution in [3.05, 3.63) is 0 Å². The molecule has 0 saturated carbocycles. The van der Waals surface area contributed by atoms with E-state index in [0.717, 1.165) is 0 Å². The van der Waals surface area contributed by atoms with Gasteiger partial charge in [-0.2, -0.15) is 0 Å². The van der Waals surface area contributed by atoms with E-state index >= 15 is 0 Å². The van der Waals surface area contributed by atoms with Crippen LogP contribution in [0.3, 0.4) is 0 Å². The molecule has 6 heteroatoms. The number of nitrogens with zero attached hydrogens (tertiary/aromatic N) is 1. The molecule has 0 spiro atoms. The van der Waals surface area contributed by atoms with Gasteiger partial charge in [0.25, 0.3) is 0 Å². The molecule has 17 heavy (non-hydrogen) atoms. The Morgan fingerprint density at radius 3 is 2.41 bits per heavy atom. The van der Waals surface area contributed by atoms with Crippen molar-refractivity contribution in [1.29, 1.82) is 0 Å². The SMILES string of the molecule is CC(=O)O[C@H]1C[C@H](O)CN1C(=O)OC(C)(C)C. The summed E-state index contributed by atoms with van der Waals surface area (Å²) < 4.78 is 10.1. The number of rotatable bonds is 1. The zero-order chi connectivity index (χ0) is 13.2. The number of hydrogen-bond donors (Lipinski definition) is 1. The van der Waals surface area contributed by atoms with Gasteiger partial charge in [0.05, 0.1) is 12.6 Å². The third-order valence-electron chi connectivity index (χ3n) is 2.16. The van der Waals surface area contributed by atoms with Crippen LogP contribution in [0, 0.1) is 0 Å². The Morgan fingerprint density at radius 2 is 1.94 bits per heavy atom. The number of amides is 1. The predicted molar refractivity (Wildman–Crippen MR) is 59.1 cm³/mol. The van der Waals surface area contributed by atoms with Gasteiger partial charge >= 0.3 is 12.1 Å². The van der Waals surface area contributed by atoms with Gasteiger partial charge in [-0.3, -0.25) is 9.69 Å². The molecular formula is C11H19NO5. The maximum absolute atomic E-state index is 11.8. The Hall–Kier alpha value is -1.30. The number of hydrogen-bond acceptors (Lipinski definition) is 5. The van der Waals surface area contributed by atoms with Crippen LogP contribution in [0.1, 0.15) is 34.1 Å². The summed E-state index contributed by atoms with van der Waals surface area (Å²) in [5.41, 5.74) is -0.620. The first-order valence-corrected chi connectivity index (χ1v) is 5.54. The van der Waals surface area contributed by atoms with E-state index in [1.807, 2.05) is 0 Å². The predicted octanol–water partition coefficient (Wildman–Crippen LogP) is 0.877. The summed E-state index contributed by atoms with van der Waals surface area (Å²) in [6.45, 7) is 6.62. The van der Waals surface area contributed by atoms with Crippen LogP contribution in [0.25, 0.3) is 0 Å². The van der Waals surface area contributed by atoms with Crippen LogP contribution in [0.5, 0.6) is 0 Å². The van der Waals surface area contributed by atoms with Crippen molar-refractivity contribution in [2.24, 2.45) is 0 Å². The molecule has 0 aromatic heterocycles. The summed E-state index contributed by atoms with van der Waals surface area (Å²) in [7, 11) is 0. The van der Waals surface area contributed by atoms with E-state index in [-0.39, 0.29) is 13.0 Å². The normalized spacial score (nSPS) is 24.6. The summed E-state index contributed by atoms with van der Waals surface area (Å²) >= 11 is 0. The summed E-state index contributed by atoms with van der Waals surface area (Å²) in [5, 5.41) is 9.49. The van der Waals surface area contributed by atoms with Crippen LogP contribution in [0.4, 0.5) is 4.79 Å². The van der Waals surface area contributed by atoms with Crippen molar-refractivity contribution < 1.29 is 24.2 Å². The molecule has 6 nitrogen and oxygen atoms in total. The van der Waals surface area contributed by atoms with E-state index in [1.165, 1.54) is 11.8 Å². The fourth-order valence-corrected chi connectivity index (χ4v) is 1.60. The highest BCUT2D eigenvalue weighted by molar-refractivity contribution is 5.70. The van der Waals surface area contributed by atoms with E-state index in [0.29, 0.717) is 0 Å². The minimum absolute atomic E-state index is 0.118. The van der Waals surface area contributed by atoms with Gasteiger partial charge in [0.1, 0.15) is 5.60 Å². The number of aliphatic hydroxyl groups is 1. The molecule has 2 atom stereocenters. The maximum Gasteiger partial charge on any atom is 0.413 e. The standard InChI is InChI=1S/C11H19NO5/c1-7(13)16-9-5-8(14)6-12(9)10(15)17-11(2,3)4/h8-9,14H,5-6H2,1-4H3/t8-,9-/m0/s1. The molecule has 1 aliphatic heterocycles. The second-order valence-corrected chi connectivity index (χ2v) is 5.09. The fourth-order valence-electron chi connectivity index (χ4n) is 1.60. The van der Waals surface area contributed by atoms with E-state index in [1.54, 1.807) is 20.8 Å². The maximum atomic E-state index is 11.8. The first-order valence-electron chi connectivity index (χ1n) is 5.54. The van der Waals surface area contributed by atoms with Crippen molar-refractivity contribution in [1.82, 2.24) is 4.90 Å². The van der Waals surface area contributed by atoms with Crippen LogP contribution in [0.15, 0.2) is 0 Å². The van der Waals surface area contributed by atoms with E-state index in [4.69, 9.17) is 9.47 Å². The highest BCUT2D eigenvalue weighted by atomic mass is 16.6. The van der Waals surface area contributed by atoms with Crippen molar-refractivity contribution in [3.63, 3.8) is 0 Å². The molecule has 1 N–H and O–H groups in total. The lowest BCUT2D eigenvalue weighted by atomic mass is 10.2. The second-order valence-electron chi connectivity index (χ2n) is 5.09. The average molecular weight is 245 g/mol. The first kappa shape index (κ1) is 13.8. The summed E-state index contributed by atoms with van der Waals surface area (Å²) in [6.07, 6.45) is -1.79. The van der Waals surface area contributed by atoms with Crippen LogP contribution >= 0.6 is 0 Å². The minimum atomic E-state index is -0.739. The number of carbonyl (C=O) groups excluding carboxylic acids is 2. The lowest BCUT2D eigenvalue weighted by Crippen LogP contribution is -2.41. The van der Waals surface area contributed by atoms with Crippen LogP contribution < -0.4 is 0 Å². The molecule has 1 rings (SSSR count). The Kier molecular flexibility index (Phi) is 3.98. The third-order valence-corrected chi connectivity index (χ3v) is 2.16. The fraction of sp³-hybridized carbons (Fsp3) is 0.818. The molecule has 1 heterocycles. The zero-order valence-electron chi connectivity index (χ0n) is 10.6. The molecule has 0 aromatic carbocycles. The summed E-state index contributed by atoms with van der Waals surface area (Å²) in [5.74, 6) is -0.488. The molecule has 0 bridgehead atoms. The number of aliphatic hydroxyl groups excluding tert-OH is 1. The van der Waals surface area contributed by atoms with Crippen molar-refractivity contribution in [2.45, 2.75) is 52.0 Å². The smallest absolute Gasteiger partial charge is 0.413 e. The van der Waals surface area contributed by atoms with Crippen LogP contribution in [0.2, 0.25) is 0 Å². The Bertz CT molecular complexity index is 309. The van der Waals surface area contributed by atoms with E-state index in [9.17, 15) is 14.7 Å². The lowest BCUT2D eigenvalue weighted by Gasteiger charge is -2.27. The van der Waals surface area contributed by atoms with Crippen molar-refractivity contribution >= 4 is 12.1 Å². The minimum Gasteiger partial charge on any atom is -0.444 e. The molecule has 1 amide bonds. The van der Waals surface area contributed by atoms with Gasteiger partial charge in [-0.15, -0.1) is 0 Å². The van der Waals surface area contributed by atoms with Crippen LogP contribution in [-0.2, 0) is 14.3 Å². The molecule has 0 unspecified atom stereocenters. The van der Waals surface area contributed by atoms with E-state index in [2.05, 4.69) is 0 Å². The van der Waals surface area contributed by atoms with Crippen LogP contribution in [-0.4, -0.2) is 46.5 Å².